The van der Waals surface area contributed by atoms with E-state index in [9.17, 15) is 17.6 Å². The summed E-state index contributed by atoms with van der Waals surface area (Å²) >= 11 is 0. The zero-order valence-electron chi connectivity index (χ0n) is 8.40. The number of rotatable bonds is 4. The summed E-state index contributed by atoms with van der Waals surface area (Å²) in [6.45, 7) is -0.463. The third kappa shape index (κ3) is 2.97. The van der Waals surface area contributed by atoms with Crippen LogP contribution in [-0.4, -0.2) is 32.9 Å². The number of aromatic nitrogens is 1. The van der Waals surface area contributed by atoms with Crippen molar-refractivity contribution in [1.82, 2.24) is 15.0 Å². The van der Waals surface area contributed by atoms with Crippen LogP contribution in [0.15, 0.2) is 23.4 Å². The van der Waals surface area contributed by atoms with Gasteiger partial charge in [-0.05, 0) is 12.1 Å². The second kappa shape index (κ2) is 4.99. The third-order valence-electron chi connectivity index (χ3n) is 1.68. The Morgan fingerprint density at radius 3 is 2.81 bits per heavy atom. The maximum atomic E-state index is 13.1. The zero-order chi connectivity index (χ0) is 12.2. The fourth-order valence-electron chi connectivity index (χ4n) is 0.886. The summed E-state index contributed by atoms with van der Waals surface area (Å²) in [5.74, 6) is -1.49. The first-order valence-corrected chi connectivity index (χ1v) is 5.76. The van der Waals surface area contributed by atoms with Crippen molar-refractivity contribution in [2.45, 2.75) is 5.03 Å². The number of carbonyl (C=O) groups excluding carboxylic acids is 1. The van der Waals surface area contributed by atoms with Crippen LogP contribution < -0.4 is 10.0 Å². The van der Waals surface area contributed by atoms with E-state index in [1.165, 1.54) is 13.1 Å². The van der Waals surface area contributed by atoms with Gasteiger partial charge in [0.2, 0.25) is 10.9 Å². The first kappa shape index (κ1) is 12.5. The summed E-state index contributed by atoms with van der Waals surface area (Å²) in [6, 6.07) is 2.24. The molecule has 0 aliphatic carbocycles. The van der Waals surface area contributed by atoms with E-state index in [1.807, 2.05) is 4.72 Å². The number of halogens is 1. The van der Waals surface area contributed by atoms with E-state index in [0.717, 1.165) is 12.3 Å². The molecule has 0 aliphatic rings. The van der Waals surface area contributed by atoms with Gasteiger partial charge in [0.25, 0.3) is 10.0 Å². The van der Waals surface area contributed by atoms with Crippen LogP contribution in [0.2, 0.25) is 0 Å². The van der Waals surface area contributed by atoms with Crippen molar-refractivity contribution in [3.05, 3.63) is 24.1 Å². The topological polar surface area (TPSA) is 88.2 Å². The van der Waals surface area contributed by atoms with Gasteiger partial charge in [-0.25, -0.2) is 22.5 Å². The molecule has 1 aromatic rings. The minimum absolute atomic E-state index is 0.463. The molecule has 88 valence electrons. The lowest BCUT2D eigenvalue weighted by atomic mass is 10.5. The highest BCUT2D eigenvalue weighted by Crippen LogP contribution is 2.08. The lowest BCUT2D eigenvalue weighted by molar-refractivity contribution is -0.119. The molecule has 0 aliphatic heterocycles. The van der Waals surface area contributed by atoms with Crippen molar-refractivity contribution in [2.24, 2.45) is 0 Å². The lowest BCUT2D eigenvalue weighted by Gasteiger charge is -2.05. The van der Waals surface area contributed by atoms with Crippen LogP contribution in [0.1, 0.15) is 0 Å². The van der Waals surface area contributed by atoms with Gasteiger partial charge in [0, 0.05) is 13.2 Å². The molecule has 0 saturated heterocycles. The number of nitrogens with zero attached hydrogens (tertiary/aromatic N) is 1. The van der Waals surface area contributed by atoms with Crippen LogP contribution >= 0.6 is 0 Å². The van der Waals surface area contributed by atoms with Gasteiger partial charge in [-0.3, -0.25) is 4.79 Å². The van der Waals surface area contributed by atoms with E-state index >= 15 is 0 Å². The number of nitrogens with one attached hydrogen (secondary N) is 2. The van der Waals surface area contributed by atoms with Crippen LogP contribution in [0.3, 0.4) is 0 Å². The van der Waals surface area contributed by atoms with Gasteiger partial charge >= 0.3 is 0 Å². The quantitative estimate of drug-likeness (QED) is 0.732. The summed E-state index contributed by atoms with van der Waals surface area (Å²) < 4.78 is 38.0. The van der Waals surface area contributed by atoms with E-state index in [0.29, 0.717) is 0 Å². The van der Waals surface area contributed by atoms with Crippen LogP contribution in [-0.2, 0) is 14.8 Å². The fraction of sp³-hybridized carbons (Fsp3) is 0.250. The molecule has 6 nitrogen and oxygen atoms in total. The SMILES string of the molecule is CNC(=O)CNS(=O)(=O)c1ncccc1F. The van der Waals surface area contributed by atoms with Gasteiger partial charge in [-0.15, -0.1) is 0 Å². The molecule has 1 rings (SSSR count). The molecular weight excluding hydrogens is 237 g/mol. The highest BCUT2D eigenvalue weighted by molar-refractivity contribution is 7.89. The number of amides is 1. The molecule has 16 heavy (non-hydrogen) atoms. The summed E-state index contributed by atoms with van der Waals surface area (Å²) in [5, 5.41) is 1.50. The molecule has 1 heterocycles. The maximum Gasteiger partial charge on any atom is 0.261 e. The number of hydrogen-bond donors (Lipinski definition) is 2. The molecule has 0 atom stereocenters. The van der Waals surface area contributed by atoms with Gasteiger partial charge in [-0.1, -0.05) is 0 Å². The Kier molecular flexibility index (Phi) is 3.91. The summed E-state index contributed by atoms with van der Waals surface area (Å²) in [6.07, 6.45) is 1.15. The van der Waals surface area contributed by atoms with E-state index in [-0.39, 0.29) is 0 Å². The number of likely N-dealkylation sites (N-methyl/N-ethyl adjacent to an activating group) is 1. The molecule has 8 heteroatoms. The first-order chi connectivity index (χ1) is 7.47. The van der Waals surface area contributed by atoms with Gasteiger partial charge in [0.1, 0.15) is 0 Å². The molecule has 0 spiro atoms. The van der Waals surface area contributed by atoms with E-state index in [2.05, 4.69) is 10.3 Å². The second-order valence-corrected chi connectivity index (χ2v) is 4.47. The average molecular weight is 247 g/mol. The highest BCUT2D eigenvalue weighted by Gasteiger charge is 2.20. The molecule has 0 aromatic carbocycles. The maximum absolute atomic E-state index is 13.1. The standard InChI is InChI=1S/C8H10FN3O3S/c1-10-7(13)5-12-16(14,15)8-6(9)3-2-4-11-8/h2-4,12H,5H2,1H3,(H,10,13). The number of carbonyl (C=O) groups is 1. The monoisotopic (exact) mass is 247 g/mol. The fourth-order valence-corrected chi connectivity index (χ4v) is 1.87. The Hall–Kier alpha value is -1.54. The molecule has 0 fully saturated rings. The summed E-state index contributed by atoms with van der Waals surface area (Å²) in [7, 11) is -2.73. The average Bonchev–Trinajstić information content (AvgIpc) is 2.26. The van der Waals surface area contributed by atoms with Crippen LogP contribution in [0.25, 0.3) is 0 Å². The van der Waals surface area contributed by atoms with Gasteiger partial charge in [0.05, 0.1) is 6.54 Å². The summed E-state index contributed by atoms with van der Waals surface area (Å²) in [4.78, 5) is 14.2. The van der Waals surface area contributed by atoms with E-state index < -0.39 is 33.3 Å². The Balaban J connectivity index is 2.87. The second-order valence-electron chi connectivity index (χ2n) is 2.79. The zero-order valence-corrected chi connectivity index (χ0v) is 9.21. The van der Waals surface area contributed by atoms with Crippen molar-refractivity contribution in [2.75, 3.05) is 13.6 Å². The Labute approximate surface area is 91.9 Å². The molecule has 0 bridgehead atoms. The van der Waals surface area contributed by atoms with Crippen molar-refractivity contribution in [1.29, 1.82) is 0 Å². The normalized spacial score (nSPS) is 11.1. The lowest BCUT2D eigenvalue weighted by Crippen LogP contribution is -2.35. The van der Waals surface area contributed by atoms with Crippen molar-refractivity contribution in [3.8, 4) is 0 Å². The predicted octanol–water partition coefficient (Wildman–Crippen LogP) is -0.755. The largest absolute Gasteiger partial charge is 0.358 e. The number of pyridine rings is 1. The third-order valence-corrected chi connectivity index (χ3v) is 3.01. The molecule has 0 saturated carbocycles. The Morgan fingerprint density at radius 1 is 1.56 bits per heavy atom. The van der Waals surface area contributed by atoms with Crippen molar-refractivity contribution >= 4 is 15.9 Å². The summed E-state index contributed by atoms with van der Waals surface area (Å²) in [5.41, 5.74) is 0. The minimum Gasteiger partial charge on any atom is -0.358 e. The smallest absolute Gasteiger partial charge is 0.261 e. The number of sulfonamides is 1. The Bertz CT molecular complexity index is 489. The molecule has 0 unspecified atom stereocenters. The minimum atomic E-state index is -4.09. The van der Waals surface area contributed by atoms with Crippen LogP contribution in [0.4, 0.5) is 4.39 Å². The van der Waals surface area contributed by atoms with Crippen LogP contribution in [0, 0.1) is 5.82 Å². The molecule has 2 N–H and O–H groups in total. The molecule has 1 aromatic heterocycles. The molecule has 0 radical (unpaired) electrons. The van der Waals surface area contributed by atoms with Crippen molar-refractivity contribution in [3.63, 3.8) is 0 Å². The molecular formula is C8H10FN3O3S. The highest BCUT2D eigenvalue weighted by atomic mass is 32.2. The van der Waals surface area contributed by atoms with E-state index in [4.69, 9.17) is 0 Å². The Morgan fingerprint density at radius 2 is 2.25 bits per heavy atom. The van der Waals surface area contributed by atoms with Gasteiger partial charge < -0.3 is 5.32 Å². The van der Waals surface area contributed by atoms with Crippen molar-refractivity contribution < 1.29 is 17.6 Å². The van der Waals surface area contributed by atoms with Crippen LogP contribution in [0.5, 0.6) is 0 Å². The molecule has 1 amide bonds. The first-order valence-electron chi connectivity index (χ1n) is 4.28. The van der Waals surface area contributed by atoms with Gasteiger partial charge in [0.15, 0.2) is 5.82 Å². The predicted molar refractivity (Wildman–Crippen MR) is 53.5 cm³/mol. The number of hydrogen-bond acceptors (Lipinski definition) is 4. The van der Waals surface area contributed by atoms with Gasteiger partial charge in [-0.2, -0.15) is 0 Å². The van der Waals surface area contributed by atoms with E-state index in [1.54, 1.807) is 0 Å².